The highest BCUT2D eigenvalue weighted by Gasteiger charge is 2.47. The highest BCUT2D eigenvalue weighted by Crippen LogP contribution is 2.48. The number of nitrogens with zero attached hydrogens (tertiary/aromatic N) is 2. The number of hydrogen-bond acceptors (Lipinski definition) is 6. The van der Waals surface area contributed by atoms with Crippen molar-refractivity contribution in [2.45, 2.75) is 32.2 Å². The topological polar surface area (TPSA) is 89.0 Å². The molecule has 3 aromatic rings. The van der Waals surface area contributed by atoms with E-state index in [4.69, 9.17) is 32.7 Å². The van der Waals surface area contributed by atoms with Crippen molar-refractivity contribution in [3.63, 3.8) is 0 Å². The molecule has 37 heavy (non-hydrogen) atoms. The first-order chi connectivity index (χ1) is 17.5. The fourth-order valence-corrected chi connectivity index (χ4v) is 5.05. The molecule has 0 aliphatic carbocycles. The summed E-state index contributed by atoms with van der Waals surface area (Å²) in [4.78, 5) is 32.4. The molecule has 1 N–H and O–H groups in total. The average Bonchev–Trinajstić information content (AvgIpc) is 3.14. The van der Waals surface area contributed by atoms with Crippen molar-refractivity contribution in [2.75, 3.05) is 19.1 Å². The Balaban J connectivity index is 1.96. The Morgan fingerprint density at radius 1 is 1.03 bits per heavy atom. The van der Waals surface area contributed by atoms with Gasteiger partial charge in [-0.15, -0.1) is 0 Å². The molecule has 192 valence electrons. The number of aliphatic hydroxyl groups is 1. The summed E-state index contributed by atoms with van der Waals surface area (Å²) in [5.41, 5.74) is 1.91. The second-order valence-electron chi connectivity index (χ2n) is 9.54. The van der Waals surface area contributed by atoms with E-state index in [1.807, 2.05) is 12.1 Å². The molecule has 1 aromatic heterocycles. The van der Waals surface area contributed by atoms with Gasteiger partial charge in [0.05, 0.1) is 36.4 Å². The quantitative estimate of drug-likeness (QED) is 0.231. The molecular formula is C28H26Cl2N2O5. The van der Waals surface area contributed by atoms with E-state index in [9.17, 15) is 14.7 Å². The molecular weight excluding hydrogens is 515 g/mol. The van der Waals surface area contributed by atoms with Gasteiger partial charge in [0.1, 0.15) is 10.8 Å². The first kappa shape index (κ1) is 26.5. The number of aliphatic hydroxyl groups excluding tert-OH is 1. The van der Waals surface area contributed by atoms with Crippen molar-refractivity contribution in [1.29, 1.82) is 0 Å². The van der Waals surface area contributed by atoms with Crippen LogP contribution < -0.4 is 14.4 Å². The van der Waals surface area contributed by atoms with Gasteiger partial charge in [-0.25, -0.2) is 0 Å². The second-order valence-corrected chi connectivity index (χ2v) is 10.3. The minimum Gasteiger partial charge on any atom is -0.507 e. The van der Waals surface area contributed by atoms with E-state index in [1.54, 1.807) is 36.7 Å². The summed E-state index contributed by atoms with van der Waals surface area (Å²) in [6, 6.07) is 11.3. The molecule has 0 radical (unpaired) electrons. The zero-order valence-electron chi connectivity index (χ0n) is 21.0. The average molecular weight is 541 g/mol. The Bertz CT molecular complexity index is 1400. The number of anilines is 1. The maximum Gasteiger partial charge on any atom is 0.300 e. The summed E-state index contributed by atoms with van der Waals surface area (Å²) in [7, 11) is 2.75. The van der Waals surface area contributed by atoms with Crippen molar-refractivity contribution in [1.82, 2.24) is 4.98 Å². The number of rotatable bonds is 5. The first-order valence-electron chi connectivity index (χ1n) is 11.4. The van der Waals surface area contributed by atoms with E-state index in [0.717, 1.165) is 5.56 Å². The van der Waals surface area contributed by atoms with E-state index in [-0.39, 0.29) is 38.1 Å². The molecule has 0 bridgehead atoms. The maximum absolute atomic E-state index is 13.4. The number of methoxy groups -OCH3 is 2. The van der Waals surface area contributed by atoms with E-state index in [0.29, 0.717) is 11.3 Å². The number of ether oxygens (including phenoxy) is 2. The number of carbonyl (C=O) groups excluding carboxylic acids is 2. The Kier molecular flexibility index (Phi) is 7.22. The monoisotopic (exact) mass is 540 g/mol. The van der Waals surface area contributed by atoms with Gasteiger partial charge in [-0.3, -0.25) is 19.5 Å². The molecule has 1 aliphatic heterocycles. The SMILES string of the molecule is COc1c(Cl)cc(/C(O)=C2\C(=O)C(=O)N(c3ccc(C(C)(C)C)cc3)C2c2cccnc2)c(OC)c1Cl. The highest BCUT2D eigenvalue weighted by atomic mass is 35.5. The van der Waals surface area contributed by atoms with Crippen LogP contribution in [0.25, 0.3) is 5.76 Å². The lowest BCUT2D eigenvalue weighted by Crippen LogP contribution is -2.29. The summed E-state index contributed by atoms with van der Waals surface area (Å²) in [5, 5.41) is 11.6. The first-order valence-corrected chi connectivity index (χ1v) is 12.2. The molecule has 9 heteroatoms. The van der Waals surface area contributed by atoms with Crippen LogP contribution >= 0.6 is 23.2 Å². The Morgan fingerprint density at radius 3 is 2.22 bits per heavy atom. The van der Waals surface area contributed by atoms with Crippen LogP contribution in [0.1, 0.15) is 43.5 Å². The Hall–Kier alpha value is -3.55. The van der Waals surface area contributed by atoms with Gasteiger partial charge in [-0.2, -0.15) is 0 Å². The lowest BCUT2D eigenvalue weighted by molar-refractivity contribution is -0.132. The number of carbonyl (C=O) groups is 2. The lowest BCUT2D eigenvalue weighted by atomic mass is 9.87. The van der Waals surface area contributed by atoms with Gasteiger partial charge in [-0.05, 0) is 40.8 Å². The molecule has 4 rings (SSSR count). The molecule has 1 amide bonds. The molecule has 2 aromatic carbocycles. The van der Waals surface area contributed by atoms with Crippen molar-refractivity contribution in [2.24, 2.45) is 0 Å². The molecule has 7 nitrogen and oxygen atoms in total. The number of amides is 1. The van der Waals surface area contributed by atoms with Gasteiger partial charge in [0, 0.05) is 18.1 Å². The van der Waals surface area contributed by atoms with Crippen LogP contribution in [-0.2, 0) is 15.0 Å². The molecule has 1 atom stereocenters. The maximum atomic E-state index is 13.4. The van der Waals surface area contributed by atoms with Crippen molar-refractivity contribution in [3.05, 3.63) is 87.2 Å². The van der Waals surface area contributed by atoms with E-state index in [1.165, 1.54) is 25.2 Å². The van der Waals surface area contributed by atoms with E-state index < -0.39 is 23.5 Å². The number of aromatic nitrogens is 1. The van der Waals surface area contributed by atoms with Gasteiger partial charge in [-0.1, -0.05) is 62.2 Å². The van der Waals surface area contributed by atoms with Crippen molar-refractivity contribution >= 4 is 46.3 Å². The van der Waals surface area contributed by atoms with Crippen LogP contribution in [0.3, 0.4) is 0 Å². The minimum atomic E-state index is -0.960. The third kappa shape index (κ3) is 4.65. The number of benzene rings is 2. The smallest absolute Gasteiger partial charge is 0.300 e. The van der Waals surface area contributed by atoms with Crippen LogP contribution in [0, 0.1) is 0 Å². The van der Waals surface area contributed by atoms with Crippen molar-refractivity contribution < 1.29 is 24.2 Å². The van der Waals surface area contributed by atoms with Crippen LogP contribution in [0.5, 0.6) is 11.5 Å². The summed E-state index contributed by atoms with van der Waals surface area (Å²) >= 11 is 12.8. The zero-order valence-corrected chi connectivity index (χ0v) is 22.5. The number of Topliss-reactive ketones (excluding diaryl/α,β-unsaturated/α-hetero) is 1. The van der Waals surface area contributed by atoms with Crippen LogP contribution in [0.15, 0.2) is 60.4 Å². The Morgan fingerprint density at radius 2 is 1.68 bits per heavy atom. The predicted molar refractivity (Wildman–Crippen MR) is 144 cm³/mol. The minimum absolute atomic E-state index is 0.0176. The molecule has 0 saturated carbocycles. The standard InChI is InChI=1S/C28H26Cl2N2O5/c1-28(2,3)16-8-10-17(11-9-16)32-22(15-7-6-12-31-14-15)20(24(34)27(32)35)23(33)18-13-19(29)26(37-5)21(30)25(18)36-4/h6-14,22,33H,1-5H3/b23-20+. The van der Waals surface area contributed by atoms with Gasteiger partial charge in [0.15, 0.2) is 11.5 Å². The third-order valence-electron chi connectivity index (χ3n) is 6.25. The predicted octanol–water partition coefficient (Wildman–Crippen LogP) is 6.33. The summed E-state index contributed by atoms with van der Waals surface area (Å²) in [5.74, 6) is -1.93. The number of pyridine rings is 1. The highest BCUT2D eigenvalue weighted by molar-refractivity contribution is 6.52. The van der Waals surface area contributed by atoms with Crippen molar-refractivity contribution in [3.8, 4) is 11.5 Å². The largest absolute Gasteiger partial charge is 0.507 e. The van der Waals surface area contributed by atoms with Gasteiger partial charge < -0.3 is 14.6 Å². The summed E-state index contributed by atoms with van der Waals surface area (Å²) in [6.07, 6.45) is 3.13. The van der Waals surface area contributed by atoms with Crippen LogP contribution in [0.4, 0.5) is 5.69 Å². The van der Waals surface area contributed by atoms with Gasteiger partial charge in [0.25, 0.3) is 11.7 Å². The number of ketones is 1. The number of halogens is 2. The third-order valence-corrected chi connectivity index (χ3v) is 6.87. The molecule has 1 fully saturated rings. The second kappa shape index (κ2) is 10.1. The Labute approximate surface area is 225 Å². The molecule has 1 saturated heterocycles. The fraction of sp³-hybridized carbons (Fsp3) is 0.250. The van der Waals surface area contributed by atoms with E-state index in [2.05, 4.69) is 25.8 Å². The van der Waals surface area contributed by atoms with Gasteiger partial charge in [0.2, 0.25) is 0 Å². The molecule has 2 heterocycles. The molecule has 1 aliphatic rings. The normalized spacial score (nSPS) is 17.3. The zero-order chi connectivity index (χ0) is 27.1. The van der Waals surface area contributed by atoms with Crippen LogP contribution in [-0.4, -0.2) is 36.0 Å². The van der Waals surface area contributed by atoms with Crippen LogP contribution in [0.2, 0.25) is 10.0 Å². The van der Waals surface area contributed by atoms with Gasteiger partial charge >= 0.3 is 0 Å². The molecule has 0 spiro atoms. The summed E-state index contributed by atoms with van der Waals surface area (Å²) < 4.78 is 10.7. The number of hydrogen-bond donors (Lipinski definition) is 1. The lowest BCUT2D eigenvalue weighted by Gasteiger charge is -2.26. The summed E-state index contributed by atoms with van der Waals surface area (Å²) in [6.45, 7) is 6.26. The fourth-order valence-electron chi connectivity index (χ4n) is 4.37. The molecule has 1 unspecified atom stereocenters. The van der Waals surface area contributed by atoms with E-state index >= 15 is 0 Å².